The topological polar surface area (TPSA) is 9.86 Å². The second kappa shape index (κ2) is 14.5. The van der Waals surface area contributed by atoms with Crippen LogP contribution < -0.4 is 0 Å². The third-order valence-corrected chi connectivity index (χ3v) is 12.0. The van der Waals surface area contributed by atoms with E-state index < -0.39 is 0 Å². The summed E-state index contributed by atoms with van der Waals surface area (Å²) in [5.41, 5.74) is 18.3. The Balaban J connectivity index is 0.997. The van der Waals surface area contributed by atoms with Gasteiger partial charge in [-0.1, -0.05) is 177 Å². The molecule has 0 aliphatic rings. The zero-order valence-electron chi connectivity index (χ0n) is 33.0. The molecule has 0 bridgehead atoms. The summed E-state index contributed by atoms with van der Waals surface area (Å²) < 4.78 is 4.88. The molecule has 0 spiro atoms. The first-order valence-corrected chi connectivity index (χ1v) is 20.7. The van der Waals surface area contributed by atoms with Crippen molar-refractivity contribution in [1.29, 1.82) is 0 Å². The Morgan fingerprint density at radius 1 is 0.305 bits per heavy atom. The van der Waals surface area contributed by atoms with Gasteiger partial charge in [-0.3, -0.25) is 0 Å². The van der Waals surface area contributed by atoms with E-state index in [-0.39, 0.29) is 0 Å². The first-order chi connectivity index (χ1) is 29.2. The van der Waals surface area contributed by atoms with Gasteiger partial charge in [-0.15, -0.1) is 0 Å². The SMILES string of the molecule is CCCc1cccc(-c2ccc(-c3ccc(-n4c5ccccc5c5c6c7ccccc7n(-c7cccc(-c8ccc(-c9ccccc9)cc8)c7)c6ccc54)cc3)cc2)c1. The van der Waals surface area contributed by atoms with Crippen molar-refractivity contribution >= 4 is 43.6 Å². The molecule has 0 atom stereocenters. The number of nitrogens with zero attached hydrogens (tertiary/aromatic N) is 2. The number of fused-ring (bicyclic) bond motifs is 7. The van der Waals surface area contributed by atoms with Crippen LogP contribution in [0.3, 0.4) is 0 Å². The quantitative estimate of drug-likeness (QED) is 0.146. The molecule has 2 heterocycles. The molecule has 0 saturated heterocycles. The van der Waals surface area contributed by atoms with Gasteiger partial charge >= 0.3 is 0 Å². The Kier molecular flexibility index (Phi) is 8.56. The molecule has 2 heteroatoms. The smallest absolute Gasteiger partial charge is 0.0548 e. The number of hydrogen-bond donors (Lipinski definition) is 0. The highest BCUT2D eigenvalue weighted by atomic mass is 15.0. The average molecular weight is 755 g/mol. The molecule has 0 radical (unpaired) electrons. The molecule has 0 aliphatic heterocycles. The van der Waals surface area contributed by atoms with Crippen LogP contribution in [0.25, 0.3) is 99.5 Å². The van der Waals surface area contributed by atoms with Gasteiger partial charge in [0.2, 0.25) is 0 Å². The Morgan fingerprint density at radius 2 is 0.729 bits per heavy atom. The maximum atomic E-state index is 2.44. The van der Waals surface area contributed by atoms with Crippen molar-refractivity contribution in [3.8, 4) is 55.9 Å². The van der Waals surface area contributed by atoms with Crippen LogP contribution in [0, 0.1) is 0 Å². The van der Waals surface area contributed by atoms with Crippen LogP contribution in [0.5, 0.6) is 0 Å². The second-order valence-corrected chi connectivity index (χ2v) is 15.6. The van der Waals surface area contributed by atoms with Crippen LogP contribution in [-0.2, 0) is 6.42 Å². The third kappa shape index (κ3) is 6.04. The lowest BCUT2D eigenvalue weighted by Gasteiger charge is -2.12. The standard InChI is InChI=1S/C57H42N2/c1-2-12-39-13-10-16-46(37-39)44-27-25-42(26-28-44)43-31-33-48(34-32-43)58-52-21-8-6-19-50(52)56-54(58)35-36-55-57(56)51-20-7-9-22-53(51)59(55)49-18-11-17-47(38-49)45-29-23-41(24-30-45)40-14-4-3-5-15-40/h3-11,13-38H,2,12H2,1H3. The lowest BCUT2D eigenvalue weighted by Crippen LogP contribution is -1.95. The van der Waals surface area contributed by atoms with Crippen LogP contribution >= 0.6 is 0 Å². The lowest BCUT2D eigenvalue weighted by molar-refractivity contribution is 0.922. The molecule has 0 unspecified atom stereocenters. The van der Waals surface area contributed by atoms with Crippen molar-refractivity contribution in [2.45, 2.75) is 19.8 Å². The molecule has 2 aromatic heterocycles. The summed E-state index contributed by atoms with van der Waals surface area (Å²) in [6.07, 6.45) is 2.27. The molecule has 0 N–H and O–H groups in total. The molecule has 0 fully saturated rings. The summed E-state index contributed by atoms with van der Waals surface area (Å²) in [5, 5.41) is 5.07. The minimum absolute atomic E-state index is 1.11. The monoisotopic (exact) mass is 754 g/mol. The van der Waals surface area contributed by atoms with Gasteiger partial charge in [-0.25, -0.2) is 0 Å². The average Bonchev–Trinajstić information content (AvgIpc) is 3.83. The normalized spacial score (nSPS) is 11.6. The Bertz CT molecular complexity index is 3290. The lowest BCUT2D eigenvalue weighted by atomic mass is 9.98. The minimum atomic E-state index is 1.11. The Hall–Kier alpha value is -7.42. The predicted molar refractivity (Wildman–Crippen MR) is 251 cm³/mol. The fraction of sp³-hybridized carbons (Fsp3) is 0.0526. The summed E-state index contributed by atoms with van der Waals surface area (Å²) in [6.45, 7) is 2.24. The van der Waals surface area contributed by atoms with E-state index >= 15 is 0 Å². The highest BCUT2D eigenvalue weighted by molar-refractivity contribution is 6.28. The molecule has 2 nitrogen and oxygen atoms in total. The van der Waals surface area contributed by atoms with Crippen molar-refractivity contribution in [1.82, 2.24) is 9.13 Å². The maximum Gasteiger partial charge on any atom is 0.0548 e. The van der Waals surface area contributed by atoms with Crippen molar-refractivity contribution in [3.05, 3.63) is 218 Å². The summed E-state index contributed by atoms with van der Waals surface area (Å²) >= 11 is 0. The number of benzene rings is 9. The first-order valence-electron chi connectivity index (χ1n) is 20.7. The molecule has 11 aromatic rings. The predicted octanol–water partition coefficient (Wildman–Crippen LogP) is 15.5. The fourth-order valence-corrected chi connectivity index (χ4v) is 9.24. The number of aryl methyl sites for hydroxylation is 1. The van der Waals surface area contributed by atoms with Crippen LogP contribution in [0.15, 0.2) is 212 Å². The highest BCUT2D eigenvalue weighted by Crippen LogP contribution is 2.43. The minimum Gasteiger partial charge on any atom is -0.309 e. The van der Waals surface area contributed by atoms with Gasteiger partial charge in [0.25, 0.3) is 0 Å². The molecule has 0 aliphatic carbocycles. The Labute approximate surface area is 344 Å². The molecule has 9 aromatic carbocycles. The summed E-state index contributed by atoms with van der Waals surface area (Å²) in [6, 6.07) is 77.9. The van der Waals surface area contributed by atoms with Gasteiger partial charge < -0.3 is 9.13 Å². The van der Waals surface area contributed by atoms with E-state index in [1.165, 1.54) is 93.7 Å². The summed E-state index contributed by atoms with van der Waals surface area (Å²) in [4.78, 5) is 0. The number of para-hydroxylation sites is 2. The fourth-order valence-electron chi connectivity index (χ4n) is 9.24. The van der Waals surface area contributed by atoms with Crippen molar-refractivity contribution in [2.75, 3.05) is 0 Å². The zero-order chi connectivity index (χ0) is 39.3. The van der Waals surface area contributed by atoms with Crippen LogP contribution in [0.4, 0.5) is 0 Å². The van der Waals surface area contributed by atoms with Crippen molar-refractivity contribution in [3.63, 3.8) is 0 Å². The van der Waals surface area contributed by atoms with Gasteiger partial charge in [-0.05, 0) is 105 Å². The van der Waals surface area contributed by atoms with E-state index in [1.54, 1.807) is 0 Å². The van der Waals surface area contributed by atoms with Crippen molar-refractivity contribution in [2.24, 2.45) is 0 Å². The van der Waals surface area contributed by atoms with Crippen LogP contribution in [0.1, 0.15) is 18.9 Å². The van der Waals surface area contributed by atoms with Gasteiger partial charge in [0.15, 0.2) is 0 Å². The van der Waals surface area contributed by atoms with Gasteiger partial charge in [0.1, 0.15) is 0 Å². The molecule has 11 rings (SSSR count). The molecular weight excluding hydrogens is 713 g/mol. The zero-order valence-corrected chi connectivity index (χ0v) is 33.0. The number of aromatic nitrogens is 2. The first kappa shape index (κ1) is 34.8. The van der Waals surface area contributed by atoms with Gasteiger partial charge in [-0.2, -0.15) is 0 Å². The third-order valence-electron chi connectivity index (χ3n) is 12.0. The van der Waals surface area contributed by atoms with E-state index in [0.29, 0.717) is 0 Å². The molecule has 59 heavy (non-hydrogen) atoms. The van der Waals surface area contributed by atoms with Crippen LogP contribution in [-0.4, -0.2) is 9.13 Å². The second-order valence-electron chi connectivity index (χ2n) is 15.6. The van der Waals surface area contributed by atoms with Crippen LogP contribution in [0.2, 0.25) is 0 Å². The molecule has 0 saturated carbocycles. The largest absolute Gasteiger partial charge is 0.309 e. The van der Waals surface area contributed by atoms with E-state index in [4.69, 9.17) is 0 Å². The number of rotatable bonds is 8. The molecule has 280 valence electrons. The van der Waals surface area contributed by atoms with E-state index in [9.17, 15) is 0 Å². The molecule has 0 amide bonds. The number of hydrogen-bond acceptors (Lipinski definition) is 0. The van der Waals surface area contributed by atoms with E-state index in [0.717, 1.165) is 24.2 Å². The van der Waals surface area contributed by atoms with E-state index in [1.807, 2.05) is 0 Å². The highest BCUT2D eigenvalue weighted by Gasteiger charge is 2.20. The van der Waals surface area contributed by atoms with Gasteiger partial charge in [0, 0.05) is 32.9 Å². The van der Waals surface area contributed by atoms with Gasteiger partial charge in [0.05, 0.1) is 22.1 Å². The Morgan fingerprint density at radius 3 is 1.29 bits per heavy atom. The summed E-state index contributed by atoms with van der Waals surface area (Å²) in [5.74, 6) is 0. The summed E-state index contributed by atoms with van der Waals surface area (Å²) in [7, 11) is 0. The van der Waals surface area contributed by atoms with Crippen molar-refractivity contribution < 1.29 is 0 Å². The van der Waals surface area contributed by atoms with E-state index in [2.05, 4.69) is 228 Å². The molecular formula is C57H42N2. The maximum absolute atomic E-state index is 2.44.